The highest BCUT2D eigenvalue weighted by Crippen LogP contribution is 2.30. The van der Waals surface area contributed by atoms with E-state index < -0.39 is 6.10 Å². The Morgan fingerprint density at radius 1 is 1.55 bits per heavy atom. The molecular formula is C17H18ClNO2S. The third-order valence-corrected chi connectivity index (χ3v) is 4.33. The summed E-state index contributed by atoms with van der Waals surface area (Å²) >= 11 is 7.41. The van der Waals surface area contributed by atoms with E-state index in [0.29, 0.717) is 27.1 Å². The quantitative estimate of drug-likeness (QED) is 0.592. The number of halogens is 1. The number of rotatable bonds is 6. The van der Waals surface area contributed by atoms with Crippen LogP contribution < -0.4 is 4.74 Å². The van der Waals surface area contributed by atoms with E-state index in [9.17, 15) is 5.11 Å². The monoisotopic (exact) mass is 335 g/mol. The number of hydrogen-bond acceptors (Lipinski definition) is 4. The molecule has 0 fully saturated rings. The van der Waals surface area contributed by atoms with Crippen molar-refractivity contribution in [3.05, 3.63) is 69.4 Å². The van der Waals surface area contributed by atoms with E-state index in [1.165, 1.54) is 11.3 Å². The summed E-state index contributed by atoms with van der Waals surface area (Å²) in [7, 11) is 0. The number of allylic oxidation sites excluding steroid dienone is 1. The fourth-order valence-electron chi connectivity index (χ4n) is 1.88. The summed E-state index contributed by atoms with van der Waals surface area (Å²) in [5.74, 6) is 1.21. The molecule has 1 atom stereocenters. The molecule has 0 aliphatic heterocycles. The van der Waals surface area contributed by atoms with E-state index in [1.54, 1.807) is 18.3 Å². The van der Waals surface area contributed by atoms with Gasteiger partial charge in [-0.05, 0) is 43.2 Å². The lowest BCUT2D eigenvalue weighted by Crippen LogP contribution is -2.07. The second-order valence-electron chi connectivity index (χ2n) is 4.79. The van der Waals surface area contributed by atoms with E-state index in [1.807, 2.05) is 31.4 Å². The Morgan fingerprint density at radius 2 is 2.32 bits per heavy atom. The van der Waals surface area contributed by atoms with Crippen molar-refractivity contribution in [3.8, 4) is 5.75 Å². The van der Waals surface area contributed by atoms with Crippen molar-refractivity contribution in [2.45, 2.75) is 26.4 Å². The lowest BCUT2D eigenvalue weighted by atomic mass is 10.1. The molecule has 0 aliphatic carbocycles. The first kappa shape index (κ1) is 16.7. The second-order valence-corrected chi connectivity index (χ2v) is 6.12. The summed E-state index contributed by atoms with van der Waals surface area (Å²) in [5, 5.41) is 13.5. The maximum absolute atomic E-state index is 10.4. The standard InChI is InChI=1S/C17H18ClNO2S/c1-4-5-15(12(3)16(20)17-19-8-9-22-17)21-13-6-7-14(18)11(2)10-13/h5-10,16,20H,3-4H2,1-2H3/b15-5-. The molecule has 116 valence electrons. The fraction of sp³-hybridized carbons (Fsp3) is 0.235. The first-order valence-corrected chi connectivity index (χ1v) is 8.19. The molecule has 1 heterocycles. The van der Waals surface area contributed by atoms with Crippen LogP contribution >= 0.6 is 22.9 Å². The smallest absolute Gasteiger partial charge is 0.133 e. The summed E-state index contributed by atoms with van der Waals surface area (Å²) in [5.41, 5.74) is 1.42. The molecule has 1 unspecified atom stereocenters. The third kappa shape index (κ3) is 3.97. The Hall–Kier alpha value is -1.62. The van der Waals surface area contributed by atoms with E-state index >= 15 is 0 Å². The molecule has 0 aliphatic rings. The zero-order valence-electron chi connectivity index (χ0n) is 12.5. The molecule has 22 heavy (non-hydrogen) atoms. The Morgan fingerprint density at radius 3 is 2.91 bits per heavy atom. The van der Waals surface area contributed by atoms with E-state index in [2.05, 4.69) is 11.6 Å². The predicted molar refractivity (Wildman–Crippen MR) is 91.4 cm³/mol. The maximum Gasteiger partial charge on any atom is 0.133 e. The van der Waals surface area contributed by atoms with Gasteiger partial charge in [-0.25, -0.2) is 4.98 Å². The average molecular weight is 336 g/mol. The summed E-state index contributed by atoms with van der Waals surface area (Å²) in [4.78, 5) is 4.12. The Labute approximate surface area is 139 Å². The van der Waals surface area contributed by atoms with E-state index in [4.69, 9.17) is 16.3 Å². The van der Waals surface area contributed by atoms with Gasteiger partial charge in [-0.1, -0.05) is 25.1 Å². The number of ether oxygens (including phenoxy) is 1. The first-order chi connectivity index (χ1) is 10.5. The minimum atomic E-state index is -0.869. The Bertz CT molecular complexity index is 680. The molecule has 0 amide bonds. The number of aliphatic hydroxyl groups is 1. The largest absolute Gasteiger partial charge is 0.457 e. The van der Waals surface area contributed by atoms with Gasteiger partial charge in [0.05, 0.1) is 0 Å². The molecule has 0 saturated heterocycles. The number of aromatic nitrogens is 1. The number of benzene rings is 1. The highest BCUT2D eigenvalue weighted by atomic mass is 35.5. The minimum Gasteiger partial charge on any atom is -0.457 e. The van der Waals surface area contributed by atoms with Crippen LogP contribution in [0.4, 0.5) is 0 Å². The molecule has 0 spiro atoms. The van der Waals surface area contributed by atoms with Crippen LogP contribution in [0.2, 0.25) is 5.02 Å². The second kappa shape index (κ2) is 7.58. The zero-order chi connectivity index (χ0) is 16.1. The van der Waals surface area contributed by atoms with Crippen LogP contribution in [0.1, 0.15) is 30.0 Å². The van der Waals surface area contributed by atoms with Crippen molar-refractivity contribution in [1.29, 1.82) is 0 Å². The van der Waals surface area contributed by atoms with Crippen LogP contribution in [0.5, 0.6) is 5.75 Å². The molecule has 0 saturated carbocycles. The predicted octanol–water partition coefficient (Wildman–Crippen LogP) is 5.07. The number of aliphatic hydroxyl groups excluding tert-OH is 1. The van der Waals surface area contributed by atoms with Gasteiger partial charge in [0, 0.05) is 22.2 Å². The average Bonchev–Trinajstić information content (AvgIpc) is 3.03. The van der Waals surface area contributed by atoms with Crippen molar-refractivity contribution in [1.82, 2.24) is 4.98 Å². The molecule has 2 aromatic rings. The van der Waals surface area contributed by atoms with Crippen LogP contribution in [0.15, 0.2) is 53.8 Å². The molecule has 2 rings (SSSR count). The zero-order valence-corrected chi connectivity index (χ0v) is 14.1. The number of nitrogens with zero attached hydrogens (tertiary/aromatic N) is 1. The Balaban J connectivity index is 2.21. The van der Waals surface area contributed by atoms with Crippen molar-refractivity contribution in [2.24, 2.45) is 0 Å². The molecule has 1 N–H and O–H groups in total. The minimum absolute atomic E-state index is 0.490. The third-order valence-electron chi connectivity index (χ3n) is 3.08. The highest BCUT2D eigenvalue weighted by molar-refractivity contribution is 7.09. The number of aryl methyl sites for hydroxylation is 1. The van der Waals surface area contributed by atoms with Crippen molar-refractivity contribution < 1.29 is 9.84 Å². The Kier molecular flexibility index (Phi) is 5.77. The molecule has 5 heteroatoms. The molecule has 3 nitrogen and oxygen atoms in total. The SMILES string of the molecule is C=C(/C(=C/CC)Oc1ccc(Cl)c(C)c1)C(O)c1nccs1. The van der Waals surface area contributed by atoms with Gasteiger partial charge in [0.2, 0.25) is 0 Å². The highest BCUT2D eigenvalue weighted by Gasteiger charge is 2.19. The summed E-state index contributed by atoms with van der Waals surface area (Å²) < 4.78 is 5.89. The lowest BCUT2D eigenvalue weighted by molar-refractivity contribution is 0.209. The van der Waals surface area contributed by atoms with Gasteiger partial charge in [0.15, 0.2) is 0 Å². The van der Waals surface area contributed by atoms with Crippen molar-refractivity contribution >= 4 is 22.9 Å². The van der Waals surface area contributed by atoms with Crippen LogP contribution in [0.3, 0.4) is 0 Å². The number of hydrogen-bond donors (Lipinski definition) is 1. The van der Waals surface area contributed by atoms with Gasteiger partial charge in [-0.2, -0.15) is 0 Å². The van der Waals surface area contributed by atoms with Gasteiger partial charge in [-0.15, -0.1) is 11.3 Å². The normalized spacial score (nSPS) is 13.0. The fourth-order valence-corrected chi connectivity index (χ4v) is 2.66. The van der Waals surface area contributed by atoms with Gasteiger partial charge in [0.1, 0.15) is 22.6 Å². The van der Waals surface area contributed by atoms with Crippen molar-refractivity contribution in [2.75, 3.05) is 0 Å². The molecule has 1 aromatic heterocycles. The van der Waals surface area contributed by atoms with Crippen LogP contribution in [-0.4, -0.2) is 10.1 Å². The first-order valence-electron chi connectivity index (χ1n) is 6.93. The summed E-state index contributed by atoms with van der Waals surface area (Å²) in [6, 6.07) is 5.44. The summed E-state index contributed by atoms with van der Waals surface area (Å²) in [6.07, 6.45) is 3.45. The summed E-state index contributed by atoms with van der Waals surface area (Å²) in [6.45, 7) is 7.88. The van der Waals surface area contributed by atoms with E-state index in [0.717, 1.165) is 12.0 Å². The van der Waals surface area contributed by atoms with Gasteiger partial charge < -0.3 is 9.84 Å². The maximum atomic E-state index is 10.4. The molecule has 0 bridgehead atoms. The van der Waals surface area contributed by atoms with Crippen LogP contribution in [-0.2, 0) is 0 Å². The van der Waals surface area contributed by atoms with E-state index in [-0.39, 0.29) is 0 Å². The van der Waals surface area contributed by atoms with Gasteiger partial charge in [-0.3, -0.25) is 0 Å². The van der Waals surface area contributed by atoms with Crippen LogP contribution in [0, 0.1) is 6.92 Å². The van der Waals surface area contributed by atoms with Crippen LogP contribution in [0.25, 0.3) is 0 Å². The molecule has 0 radical (unpaired) electrons. The molecule has 1 aromatic carbocycles. The molecular weight excluding hydrogens is 318 g/mol. The van der Waals surface area contributed by atoms with Gasteiger partial charge in [0.25, 0.3) is 0 Å². The topological polar surface area (TPSA) is 42.4 Å². The van der Waals surface area contributed by atoms with Crippen molar-refractivity contribution in [3.63, 3.8) is 0 Å². The number of thiazole rings is 1. The lowest BCUT2D eigenvalue weighted by Gasteiger charge is -2.16. The van der Waals surface area contributed by atoms with Gasteiger partial charge >= 0.3 is 0 Å².